The number of nitrogens with zero attached hydrogens (tertiary/aromatic N) is 3. The summed E-state index contributed by atoms with van der Waals surface area (Å²) in [5, 5.41) is 26.1. The zero-order chi connectivity index (χ0) is 23.6. The molecular formula is C22H24BN5O4S. The summed E-state index contributed by atoms with van der Waals surface area (Å²) < 4.78 is 12.0. The molecule has 0 bridgehead atoms. The summed E-state index contributed by atoms with van der Waals surface area (Å²) in [5.74, 6) is 2.20. The molecule has 0 aliphatic rings. The Balaban J connectivity index is 2.01. The van der Waals surface area contributed by atoms with Gasteiger partial charge in [-0.15, -0.1) is 0 Å². The second kappa shape index (κ2) is 12.0. The van der Waals surface area contributed by atoms with Gasteiger partial charge in [0.25, 0.3) is 0 Å². The van der Waals surface area contributed by atoms with E-state index in [4.69, 9.17) is 20.0 Å². The van der Waals surface area contributed by atoms with Crippen LogP contribution < -0.4 is 14.3 Å². The molecule has 3 aromatic heterocycles. The molecule has 11 heteroatoms. The molecular weight excluding hydrogens is 441 g/mol. The molecule has 0 fully saturated rings. The van der Waals surface area contributed by atoms with Gasteiger partial charge < -0.3 is 5.41 Å². The van der Waals surface area contributed by atoms with Gasteiger partial charge in [-0.1, -0.05) is 0 Å². The number of allylic oxidation sites excluding steroid dienone is 3. The zero-order valence-corrected chi connectivity index (χ0v) is 19.0. The Bertz CT molecular complexity index is 1220. The molecule has 1 atom stereocenters. The van der Waals surface area contributed by atoms with Crippen molar-refractivity contribution in [3.05, 3.63) is 70.7 Å². The summed E-state index contributed by atoms with van der Waals surface area (Å²) in [5.41, 5.74) is 1.16. The second-order valence-corrected chi connectivity index (χ2v) is 7.61. The number of rotatable bonds is 10. The molecule has 0 amide bonds. The van der Waals surface area contributed by atoms with Crippen LogP contribution in [0.2, 0.25) is 0 Å². The van der Waals surface area contributed by atoms with Crippen molar-refractivity contribution in [2.24, 2.45) is 4.99 Å². The number of hydrogen-bond acceptors (Lipinski definition) is 9. The molecule has 0 aromatic carbocycles. The first-order valence-electron chi connectivity index (χ1n) is 10.2. The number of nitrogens with one attached hydrogen (secondary N) is 2. The number of aliphatic hydroxyl groups excluding tert-OH is 2. The van der Waals surface area contributed by atoms with E-state index >= 15 is 0 Å². The Morgan fingerprint density at radius 1 is 1.39 bits per heavy atom. The van der Waals surface area contributed by atoms with Gasteiger partial charge in [0, 0.05) is 0 Å². The number of hydrogen-bond donors (Lipinski definition) is 4. The fourth-order valence-electron chi connectivity index (χ4n) is 2.67. The third-order valence-corrected chi connectivity index (χ3v) is 5.06. The number of pyridine rings is 2. The summed E-state index contributed by atoms with van der Waals surface area (Å²) in [6, 6.07) is 5.24. The Labute approximate surface area is 195 Å². The van der Waals surface area contributed by atoms with Gasteiger partial charge in [-0.25, -0.2) is 0 Å². The Kier molecular flexibility index (Phi) is 8.82. The predicted octanol–water partition coefficient (Wildman–Crippen LogP) is 3.44. The topological polar surface area (TPSA) is 137 Å². The molecule has 0 aliphatic heterocycles. The van der Waals surface area contributed by atoms with Crippen LogP contribution in [0.3, 0.4) is 0 Å². The molecule has 1 unspecified atom stereocenters. The van der Waals surface area contributed by atoms with Crippen molar-refractivity contribution in [3.8, 4) is 17.2 Å². The van der Waals surface area contributed by atoms with Gasteiger partial charge in [0.15, 0.2) is 0 Å². The van der Waals surface area contributed by atoms with E-state index in [0.29, 0.717) is 44.9 Å². The number of H-pyrrole nitrogens is 1. The number of ether oxygens (including phenoxy) is 2. The fourth-order valence-corrected chi connectivity index (χ4v) is 3.44. The van der Waals surface area contributed by atoms with Crippen LogP contribution in [0.1, 0.15) is 30.7 Å². The van der Waals surface area contributed by atoms with Crippen LogP contribution in [-0.4, -0.2) is 44.2 Å². The summed E-state index contributed by atoms with van der Waals surface area (Å²) in [4.78, 5) is 16.6. The average Bonchev–Trinajstić information content (AvgIpc) is 3.29. The summed E-state index contributed by atoms with van der Waals surface area (Å²) >= 11 is 1.26. The van der Waals surface area contributed by atoms with E-state index in [-0.39, 0.29) is 0 Å². The first-order chi connectivity index (χ1) is 16.0. The SMILES string of the molecule is CC/C=C(/C=C\C=N)Oc1cnc(/N=c2/[nH]c(C(O)CO)bs2)c(Oc2cccnc2C)c1. The maximum absolute atomic E-state index is 9.81. The van der Waals surface area contributed by atoms with Crippen LogP contribution in [0.4, 0.5) is 5.82 Å². The Morgan fingerprint density at radius 3 is 2.97 bits per heavy atom. The molecule has 170 valence electrons. The van der Waals surface area contributed by atoms with Gasteiger partial charge in [0.2, 0.25) is 0 Å². The van der Waals surface area contributed by atoms with Gasteiger partial charge in [-0.2, -0.15) is 0 Å². The fraction of sp³-hybridized carbons (Fsp3) is 0.227. The third kappa shape index (κ3) is 6.79. The minimum atomic E-state index is -1.01. The zero-order valence-electron chi connectivity index (χ0n) is 18.2. The second-order valence-electron chi connectivity index (χ2n) is 6.76. The molecule has 3 rings (SSSR count). The molecule has 0 saturated carbocycles. The van der Waals surface area contributed by atoms with E-state index < -0.39 is 12.7 Å². The van der Waals surface area contributed by atoms with Gasteiger partial charge in [0.05, 0.1) is 0 Å². The predicted molar refractivity (Wildman–Crippen MR) is 127 cm³/mol. The van der Waals surface area contributed by atoms with Crippen molar-refractivity contribution in [3.63, 3.8) is 0 Å². The first-order valence-corrected chi connectivity index (χ1v) is 11.1. The first kappa shape index (κ1) is 24.2. The van der Waals surface area contributed by atoms with Crippen molar-refractivity contribution >= 4 is 29.4 Å². The van der Waals surface area contributed by atoms with Crippen LogP contribution in [0.25, 0.3) is 0 Å². The summed E-state index contributed by atoms with van der Waals surface area (Å²) in [7, 11) is 0. The number of aryl methyl sites for hydroxylation is 1. The van der Waals surface area contributed by atoms with Crippen LogP contribution >= 0.6 is 11.2 Å². The Morgan fingerprint density at radius 2 is 2.24 bits per heavy atom. The van der Waals surface area contributed by atoms with Crippen molar-refractivity contribution in [1.82, 2.24) is 15.0 Å². The molecule has 0 spiro atoms. The summed E-state index contributed by atoms with van der Waals surface area (Å²) in [6.07, 6.45) is 11.0. The standard InChI is InChI=1S/C22H24BN5O4S/c1-3-6-15(7-4-9-24)31-16-11-19(32-18-8-5-10-25-14(18)2)21(26-12-16)28-22-27-20(23-33-22)17(30)13-29/h4-12,17,24,29-30H,3,13H2,1-2H3,(H,26,27,28)/b7-4-,15-6-,24-9?. The monoisotopic (exact) mass is 465 g/mol. The van der Waals surface area contributed by atoms with Crippen molar-refractivity contribution in [1.29, 1.82) is 5.41 Å². The number of aliphatic hydroxyl groups is 2. The molecule has 0 saturated heterocycles. The van der Waals surface area contributed by atoms with Gasteiger partial charge >= 0.3 is 190 Å². The summed E-state index contributed by atoms with van der Waals surface area (Å²) in [6.45, 7) is 3.42. The van der Waals surface area contributed by atoms with Crippen LogP contribution in [0, 0.1) is 12.3 Å². The van der Waals surface area contributed by atoms with E-state index in [1.54, 1.807) is 42.7 Å². The molecule has 9 nitrogen and oxygen atoms in total. The van der Waals surface area contributed by atoms with Gasteiger partial charge in [0.1, 0.15) is 0 Å². The van der Waals surface area contributed by atoms with E-state index in [0.717, 1.165) is 6.42 Å². The average molecular weight is 465 g/mol. The molecule has 0 radical (unpaired) electrons. The van der Waals surface area contributed by atoms with Crippen LogP contribution in [0.15, 0.2) is 59.6 Å². The number of aromatic nitrogens is 3. The molecule has 3 aromatic rings. The third-order valence-electron chi connectivity index (χ3n) is 4.27. The van der Waals surface area contributed by atoms with Gasteiger partial charge in [-0.3, -0.25) is 0 Å². The normalized spacial score (nSPS) is 13.2. The Hall–Kier alpha value is -3.41. The van der Waals surface area contributed by atoms with Crippen LogP contribution in [0.5, 0.6) is 17.2 Å². The molecule has 4 N–H and O–H groups in total. The van der Waals surface area contributed by atoms with Crippen LogP contribution in [-0.2, 0) is 0 Å². The van der Waals surface area contributed by atoms with E-state index in [9.17, 15) is 5.11 Å². The minimum absolute atomic E-state index is 0.296. The molecule has 3 heterocycles. The number of aromatic amines is 1. The quantitative estimate of drug-likeness (QED) is 0.206. The molecule has 0 aliphatic carbocycles. The van der Waals surface area contributed by atoms with E-state index in [1.807, 2.05) is 19.9 Å². The van der Waals surface area contributed by atoms with E-state index in [1.165, 1.54) is 23.6 Å². The van der Waals surface area contributed by atoms with E-state index in [2.05, 4.69) is 19.9 Å². The van der Waals surface area contributed by atoms with Crippen molar-refractivity contribution < 1.29 is 19.7 Å². The van der Waals surface area contributed by atoms with Crippen molar-refractivity contribution in [2.45, 2.75) is 26.4 Å². The maximum atomic E-state index is 9.81. The van der Waals surface area contributed by atoms with Gasteiger partial charge in [-0.05, 0) is 0 Å². The van der Waals surface area contributed by atoms with Crippen molar-refractivity contribution in [2.75, 3.05) is 6.61 Å². The molecule has 33 heavy (non-hydrogen) atoms.